The number of nitrogens with two attached hydrogens (primary N) is 1. The van der Waals surface area contributed by atoms with Crippen molar-refractivity contribution in [2.75, 3.05) is 6.54 Å². The molecule has 2 rings (SSSR count). The van der Waals surface area contributed by atoms with Crippen LogP contribution in [0.15, 0.2) is 30.5 Å². The second kappa shape index (κ2) is 5.17. The van der Waals surface area contributed by atoms with Gasteiger partial charge in [0, 0.05) is 12.7 Å². The van der Waals surface area contributed by atoms with Crippen molar-refractivity contribution >= 4 is 10.9 Å². The Morgan fingerprint density at radius 1 is 1.25 bits per heavy atom. The Bertz CT molecular complexity index is 457. The maximum atomic E-state index is 5.59. The molecule has 1 aromatic heterocycles. The van der Waals surface area contributed by atoms with E-state index in [4.69, 9.17) is 5.73 Å². The first-order valence-corrected chi connectivity index (χ1v) is 6.13. The lowest BCUT2D eigenvalue weighted by molar-refractivity contribution is 0.699. The number of rotatable bonds is 5. The third kappa shape index (κ3) is 2.12. The molecule has 0 unspecified atom stereocenters. The Kier molecular flexibility index (Phi) is 3.62. The molecule has 0 saturated heterocycles. The molecular weight excluding hydrogens is 196 g/mol. The molecule has 0 radical (unpaired) electrons. The van der Waals surface area contributed by atoms with Gasteiger partial charge in [0.05, 0.1) is 5.52 Å². The summed E-state index contributed by atoms with van der Waals surface area (Å²) >= 11 is 0. The Morgan fingerprint density at radius 2 is 2.12 bits per heavy atom. The van der Waals surface area contributed by atoms with Crippen molar-refractivity contribution < 1.29 is 0 Å². The van der Waals surface area contributed by atoms with Crippen molar-refractivity contribution in [2.45, 2.75) is 32.7 Å². The highest BCUT2D eigenvalue weighted by Gasteiger charge is 2.05. The molecule has 0 aliphatic heterocycles. The monoisotopic (exact) mass is 216 g/mol. The van der Waals surface area contributed by atoms with E-state index in [9.17, 15) is 0 Å². The number of nitrogens with zero attached hydrogens (tertiary/aromatic N) is 1. The standard InChI is InChI=1S/C14H20N2/c1-2-10-16-11-8-13-6-3-5-12(14(13)16)7-4-9-15/h3,5-6,8,11H,2,4,7,9-10,15H2,1H3. The van der Waals surface area contributed by atoms with E-state index in [0.717, 1.165) is 25.9 Å². The minimum absolute atomic E-state index is 0.769. The zero-order chi connectivity index (χ0) is 11.4. The van der Waals surface area contributed by atoms with E-state index < -0.39 is 0 Å². The molecule has 16 heavy (non-hydrogen) atoms. The molecule has 1 heterocycles. The van der Waals surface area contributed by atoms with Crippen LogP contribution in [-0.4, -0.2) is 11.1 Å². The lowest BCUT2D eigenvalue weighted by Crippen LogP contribution is -2.02. The van der Waals surface area contributed by atoms with Crippen molar-refractivity contribution in [2.24, 2.45) is 5.73 Å². The summed E-state index contributed by atoms with van der Waals surface area (Å²) < 4.78 is 2.36. The quantitative estimate of drug-likeness (QED) is 0.818. The van der Waals surface area contributed by atoms with Crippen LogP contribution in [0.5, 0.6) is 0 Å². The summed E-state index contributed by atoms with van der Waals surface area (Å²) in [5.74, 6) is 0. The summed E-state index contributed by atoms with van der Waals surface area (Å²) in [6, 6.07) is 8.76. The number of aromatic nitrogens is 1. The van der Waals surface area contributed by atoms with Crippen molar-refractivity contribution in [3.05, 3.63) is 36.0 Å². The summed E-state index contributed by atoms with van der Waals surface area (Å²) in [5, 5.41) is 1.35. The van der Waals surface area contributed by atoms with Crippen molar-refractivity contribution in [3.8, 4) is 0 Å². The maximum absolute atomic E-state index is 5.59. The first kappa shape index (κ1) is 11.2. The van der Waals surface area contributed by atoms with Crippen LogP contribution in [0.2, 0.25) is 0 Å². The Labute approximate surface area is 97.1 Å². The topological polar surface area (TPSA) is 30.9 Å². The first-order valence-electron chi connectivity index (χ1n) is 6.13. The molecule has 0 saturated carbocycles. The fraction of sp³-hybridized carbons (Fsp3) is 0.429. The number of para-hydroxylation sites is 1. The minimum Gasteiger partial charge on any atom is -0.347 e. The Balaban J connectivity index is 2.41. The zero-order valence-electron chi connectivity index (χ0n) is 9.95. The molecule has 1 aromatic carbocycles. The van der Waals surface area contributed by atoms with Crippen molar-refractivity contribution in [1.29, 1.82) is 0 Å². The zero-order valence-corrected chi connectivity index (χ0v) is 9.95. The highest BCUT2D eigenvalue weighted by Crippen LogP contribution is 2.21. The van der Waals surface area contributed by atoms with Gasteiger partial charge in [-0.25, -0.2) is 0 Å². The fourth-order valence-electron chi connectivity index (χ4n) is 2.26. The molecule has 0 atom stereocenters. The van der Waals surface area contributed by atoms with Crippen molar-refractivity contribution in [1.82, 2.24) is 4.57 Å². The summed E-state index contributed by atoms with van der Waals surface area (Å²) in [5.41, 5.74) is 8.42. The molecule has 86 valence electrons. The van der Waals surface area contributed by atoms with E-state index >= 15 is 0 Å². The number of aryl methyl sites for hydroxylation is 2. The molecule has 2 aromatic rings. The van der Waals surface area contributed by atoms with E-state index in [1.807, 2.05) is 0 Å². The number of fused-ring (bicyclic) bond motifs is 1. The van der Waals surface area contributed by atoms with Crippen LogP contribution in [0, 0.1) is 0 Å². The third-order valence-corrected chi connectivity index (χ3v) is 2.99. The highest BCUT2D eigenvalue weighted by atomic mass is 14.9. The van der Waals surface area contributed by atoms with Crippen molar-refractivity contribution in [3.63, 3.8) is 0 Å². The molecule has 0 aliphatic rings. The van der Waals surface area contributed by atoms with Crippen LogP contribution in [0.3, 0.4) is 0 Å². The molecular formula is C14H20N2. The third-order valence-electron chi connectivity index (χ3n) is 2.99. The summed E-state index contributed by atoms with van der Waals surface area (Å²) in [6.07, 6.45) is 5.52. The summed E-state index contributed by atoms with van der Waals surface area (Å²) in [6.45, 7) is 4.09. The van der Waals surface area contributed by atoms with E-state index in [2.05, 4.69) is 42.0 Å². The Hall–Kier alpha value is -1.28. The van der Waals surface area contributed by atoms with Gasteiger partial charge in [0.15, 0.2) is 0 Å². The smallest absolute Gasteiger partial charge is 0.0512 e. The van der Waals surface area contributed by atoms with Gasteiger partial charge in [0.25, 0.3) is 0 Å². The largest absolute Gasteiger partial charge is 0.347 e. The lowest BCUT2D eigenvalue weighted by atomic mass is 10.1. The second-order valence-electron chi connectivity index (χ2n) is 4.26. The average molecular weight is 216 g/mol. The van der Waals surface area contributed by atoms with Crippen LogP contribution in [0.4, 0.5) is 0 Å². The van der Waals surface area contributed by atoms with E-state index in [1.165, 1.54) is 22.9 Å². The fourth-order valence-corrected chi connectivity index (χ4v) is 2.26. The molecule has 0 fully saturated rings. The minimum atomic E-state index is 0.769. The van der Waals surface area contributed by atoms with Gasteiger partial charge in [-0.2, -0.15) is 0 Å². The molecule has 0 bridgehead atoms. The molecule has 2 N–H and O–H groups in total. The van der Waals surface area contributed by atoms with E-state index in [-0.39, 0.29) is 0 Å². The van der Waals surface area contributed by atoms with Crippen LogP contribution >= 0.6 is 0 Å². The Morgan fingerprint density at radius 3 is 2.88 bits per heavy atom. The van der Waals surface area contributed by atoms with Gasteiger partial charge < -0.3 is 10.3 Å². The van der Waals surface area contributed by atoms with Gasteiger partial charge in [0.1, 0.15) is 0 Å². The summed E-state index contributed by atoms with van der Waals surface area (Å²) in [4.78, 5) is 0. The second-order valence-corrected chi connectivity index (χ2v) is 4.26. The predicted molar refractivity (Wildman–Crippen MR) is 69.6 cm³/mol. The first-order chi connectivity index (χ1) is 7.86. The average Bonchev–Trinajstić information content (AvgIpc) is 2.71. The number of hydrogen-bond donors (Lipinski definition) is 1. The van der Waals surface area contributed by atoms with Gasteiger partial charge in [-0.15, -0.1) is 0 Å². The van der Waals surface area contributed by atoms with Crippen LogP contribution in [0.1, 0.15) is 25.3 Å². The molecule has 0 amide bonds. The van der Waals surface area contributed by atoms with E-state index in [0.29, 0.717) is 0 Å². The predicted octanol–water partition coefficient (Wildman–Crippen LogP) is 2.94. The molecule has 0 spiro atoms. The molecule has 2 nitrogen and oxygen atoms in total. The van der Waals surface area contributed by atoms with Crippen LogP contribution in [-0.2, 0) is 13.0 Å². The van der Waals surface area contributed by atoms with Gasteiger partial charge in [-0.1, -0.05) is 25.1 Å². The van der Waals surface area contributed by atoms with Gasteiger partial charge in [-0.05, 0) is 42.8 Å². The molecule has 2 heteroatoms. The lowest BCUT2D eigenvalue weighted by Gasteiger charge is -2.08. The maximum Gasteiger partial charge on any atom is 0.0512 e. The summed E-state index contributed by atoms with van der Waals surface area (Å²) in [7, 11) is 0. The number of benzene rings is 1. The van der Waals surface area contributed by atoms with Gasteiger partial charge in [-0.3, -0.25) is 0 Å². The molecule has 0 aliphatic carbocycles. The SMILES string of the molecule is CCCn1ccc2cccc(CCCN)c21. The highest BCUT2D eigenvalue weighted by molar-refractivity contribution is 5.83. The van der Waals surface area contributed by atoms with Gasteiger partial charge >= 0.3 is 0 Å². The number of hydrogen-bond acceptors (Lipinski definition) is 1. The van der Waals surface area contributed by atoms with Crippen LogP contribution in [0.25, 0.3) is 10.9 Å². The van der Waals surface area contributed by atoms with Gasteiger partial charge in [0.2, 0.25) is 0 Å². The van der Waals surface area contributed by atoms with Crippen LogP contribution < -0.4 is 5.73 Å². The van der Waals surface area contributed by atoms with E-state index in [1.54, 1.807) is 0 Å². The normalized spacial score (nSPS) is 11.1.